The summed E-state index contributed by atoms with van der Waals surface area (Å²) in [5, 5.41) is 15.8. The maximum absolute atomic E-state index is 14.2. The average Bonchev–Trinajstić information content (AvgIpc) is 3.43. The second-order valence-electron chi connectivity index (χ2n) is 12.1. The van der Waals surface area contributed by atoms with Gasteiger partial charge < -0.3 is 20.5 Å². The average molecular weight is 621 g/mol. The molecule has 3 amide bonds. The second kappa shape index (κ2) is 13.2. The van der Waals surface area contributed by atoms with Crippen LogP contribution in [-0.4, -0.2) is 51.7 Å². The normalized spacial score (nSPS) is 14.9. The highest BCUT2D eigenvalue weighted by molar-refractivity contribution is 6.06. The monoisotopic (exact) mass is 620 g/mol. The molecular weight excluding hydrogens is 584 g/mol. The Morgan fingerprint density at radius 2 is 1.37 bits per heavy atom. The quantitative estimate of drug-likeness (QED) is 0.228. The van der Waals surface area contributed by atoms with Crippen molar-refractivity contribution in [3.63, 3.8) is 0 Å². The number of carboxylic acid groups (broad SMARTS) is 1. The van der Waals surface area contributed by atoms with Crippen molar-refractivity contribution in [2.45, 2.75) is 56.8 Å². The number of benzene rings is 3. The van der Waals surface area contributed by atoms with Crippen molar-refractivity contribution >= 4 is 29.7 Å². The first-order chi connectivity index (χ1) is 22.0. The van der Waals surface area contributed by atoms with E-state index in [1.165, 1.54) is 6.20 Å². The van der Waals surface area contributed by atoms with Gasteiger partial charge in [-0.3, -0.25) is 14.5 Å². The Balaban J connectivity index is 1.55. The van der Waals surface area contributed by atoms with Crippen LogP contribution in [0.2, 0.25) is 0 Å². The fourth-order valence-corrected chi connectivity index (χ4v) is 5.75. The zero-order valence-corrected chi connectivity index (χ0v) is 25.8. The van der Waals surface area contributed by atoms with E-state index in [1.54, 1.807) is 32.9 Å². The van der Waals surface area contributed by atoms with Gasteiger partial charge in [0.05, 0.1) is 6.42 Å². The predicted molar refractivity (Wildman–Crippen MR) is 172 cm³/mol. The largest absolute Gasteiger partial charge is 0.480 e. The fourth-order valence-electron chi connectivity index (χ4n) is 5.75. The Morgan fingerprint density at radius 1 is 0.848 bits per heavy atom. The van der Waals surface area contributed by atoms with Crippen LogP contribution >= 0.6 is 0 Å². The molecule has 0 radical (unpaired) electrons. The zero-order chi connectivity index (χ0) is 32.9. The molecule has 5 rings (SSSR count). The Labute approximate surface area is 267 Å². The number of nitrogens with zero attached hydrogens (tertiary/aromatic N) is 2. The van der Waals surface area contributed by atoms with Crippen LogP contribution in [0.3, 0.4) is 0 Å². The molecule has 10 heteroatoms. The number of amides is 3. The SMILES string of the molecule is CC(C)(C)OC(=O)NC(CC(=O)NC(c1ccccc1)(c1ccccc1)c1ccccc1)C(=O)N1c2ncccc2CC1C(=O)O. The number of hydrogen-bond donors (Lipinski definition) is 3. The van der Waals surface area contributed by atoms with Crippen molar-refractivity contribution in [1.29, 1.82) is 0 Å². The molecule has 0 saturated carbocycles. The second-order valence-corrected chi connectivity index (χ2v) is 12.1. The first-order valence-corrected chi connectivity index (χ1v) is 15.0. The van der Waals surface area contributed by atoms with Gasteiger partial charge in [0.25, 0.3) is 5.91 Å². The van der Waals surface area contributed by atoms with Gasteiger partial charge in [0.2, 0.25) is 5.91 Å². The third kappa shape index (κ3) is 6.76. The van der Waals surface area contributed by atoms with Crippen LogP contribution in [0.1, 0.15) is 49.4 Å². The highest BCUT2D eigenvalue weighted by Gasteiger charge is 2.44. The fraction of sp³-hybridized carbons (Fsp3) is 0.250. The summed E-state index contributed by atoms with van der Waals surface area (Å²) in [6.45, 7) is 5.02. The summed E-state index contributed by atoms with van der Waals surface area (Å²) < 4.78 is 5.43. The summed E-state index contributed by atoms with van der Waals surface area (Å²) >= 11 is 0. The number of hydrogen-bond acceptors (Lipinski definition) is 6. The van der Waals surface area contributed by atoms with Crippen LogP contribution in [0.15, 0.2) is 109 Å². The number of rotatable bonds is 9. The summed E-state index contributed by atoms with van der Waals surface area (Å²) in [6.07, 6.45) is 0.0539. The van der Waals surface area contributed by atoms with Gasteiger partial charge in [-0.1, -0.05) is 97.1 Å². The lowest BCUT2D eigenvalue weighted by molar-refractivity contribution is -0.140. The van der Waals surface area contributed by atoms with E-state index in [1.807, 2.05) is 91.0 Å². The number of aromatic nitrogens is 1. The van der Waals surface area contributed by atoms with Gasteiger partial charge in [-0.15, -0.1) is 0 Å². The Hall–Kier alpha value is -5.51. The van der Waals surface area contributed by atoms with Crippen LogP contribution in [0, 0.1) is 0 Å². The number of carbonyl (C=O) groups excluding carboxylic acids is 3. The highest BCUT2D eigenvalue weighted by atomic mass is 16.6. The molecule has 1 aromatic heterocycles. The van der Waals surface area contributed by atoms with Crippen molar-refractivity contribution in [3.05, 3.63) is 132 Å². The van der Waals surface area contributed by atoms with E-state index >= 15 is 0 Å². The maximum atomic E-state index is 14.2. The molecule has 10 nitrogen and oxygen atoms in total. The van der Waals surface area contributed by atoms with Gasteiger partial charge in [-0.2, -0.15) is 0 Å². The van der Waals surface area contributed by atoms with E-state index < -0.39 is 53.5 Å². The molecule has 3 N–H and O–H groups in total. The molecule has 2 heterocycles. The minimum atomic E-state index is -1.48. The molecule has 0 bridgehead atoms. The number of carbonyl (C=O) groups is 4. The standard InChI is InChI=1S/C36H36N4O6/c1-35(2,3)46-34(45)38-28(32(42)40-29(33(43)44)22-24-14-13-21-37-31(24)40)23-30(41)39-36(25-15-7-4-8-16-25,26-17-9-5-10-18-26)27-19-11-6-12-20-27/h4-21,28-29H,22-23H2,1-3H3,(H,38,45)(H,39,41)(H,43,44). The zero-order valence-electron chi connectivity index (χ0n) is 25.8. The number of ether oxygens (including phenoxy) is 1. The summed E-state index contributed by atoms with van der Waals surface area (Å²) in [5.74, 6) is -2.43. The number of carboxylic acids is 1. The van der Waals surface area contributed by atoms with Crippen molar-refractivity contribution in [2.75, 3.05) is 4.90 Å². The topological polar surface area (TPSA) is 138 Å². The molecule has 2 atom stereocenters. The van der Waals surface area contributed by atoms with Crippen molar-refractivity contribution in [3.8, 4) is 0 Å². The summed E-state index contributed by atoms with van der Waals surface area (Å²) in [7, 11) is 0. The molecule has 0 fully saturated rings. The van der Waals surface area contributed by atoms with Gasteiger partial charge in [0, 0.05) is 12.6 Å². The highest BCUT2D eigenvalue weighted by Crippen LogP contribution is 2.37. The predicted octanol–water partition coefficient (Wildman–Crippen LogP) is 4.82. The number of anilines is 1. The molecule has 1 aliphatic heterocycles. The molecule has 4 aromatic rings. The van der Waals surface area contributed by atoms with Crippen LogP contribution in [-0.2, 0) is 31.1 Å². The third-order valence-corrected chi connectivity index (χ3v) is 7.67. The Bertz CT molecular complexity index is 1610. The smallest absolute Gasteiger partial charge is 0.408 e. The Morgan fingerprint density at radius 3 is 1.85 bits per heavy atom. The minimum absolute atomic E-state index is 0.0364. The lowest BCUT2D eigenvalue weighted by Crippen LogP contribution is -2.56. The van der Waals surface area contributed by atoms with Crippen LogP contribution < -0.4 is 15.5 Å². The Kier molecular flexibility index (Phi) is 9.18. The molecular formula is C36H36N4O6. The van der Waals surface area contributed by atoms with Crippen LogP contribution in [0.4, 0.5) is 10.6 Å². The molecule has 236 valence electrons. The van der Waals surface area contributed by atoms with Gasteiger partial charge >= 0.3 is 12.1 Å². The number of aliphatic carboxylic acids is 1. The molecule has 3 aromatic carbocycles. The minimum Gasteiger partial charge on any atom is -0.480 e. The molecule has 0 saturated heterocycles. The van der Waals surface area contributed by atoms with E-state index in [2.05, 4.69) is 15.6 Å². The molecule has 0 aliphatic carbocycles. The van der Waals surface area contributed by atoms with Crippen molar-refractivity contribution < 1.29 is 29.0 Å². The van der Waals surface area contributed by atoms with Crippen LogP contribution in [0.5, 0.6) is 0 Å². The summed E-state index contributed by atoms with van der Waals surface area (Å²) in [6, 6.07) is 29.0. The first-order valence-electron chi connectivity index (χ1n) is 15.0. The molecule has 1 aliphatic rings. The summed E-state index contributed by atoms with van der Waals surface area (Å²) in [4.78, 5) is 59.1. The van der Waals surface area contributed by atoms with E-state index in [-0.39, 0.29) is 12.2 Å². The van der Waals surface area contributed by atoms with Gasteiger partial charge in [-0.25, -0.2) is 14.6 Å². The van der Waals surface area contributed by atoms with Crippen molar-refractivity contribution in [2.24, 2.45) is 0 Å². The van der Waals surface area contributed by atoms with E-state index in [9.17, 15) is 24.3 Å². The lowest BCUT2D eigenvalue weighted by Gasteiger charge is -2.37. The number of nitrogens with one attached hydrogen (secondary N) is 2. The van der Waals surface area contributed by atoms with E-state index in [0.717, 1.165) is 21.6 Å². The number of fused-ring (bicyclic) bond motifs is 1. The maximum Gasteiger partial charge on any atom is 0.408 e. The first kappa shape index (κ1) is 31.9. The van der Waals surface area contributed by atoms with E-state index in [4.69, 9.17) is 4.74 Å². The number of pyridine rings is 1. The third-order valence-electron chi connectivity index (χ3n) is 7.67. The molecule has 0 spiro atoms. The number of alkyl carbamates (subject to hydrolysis) is 1. The van der Waals surface area contributed by atoms with E-state index in [0.29, 0.717) is 5.56 Å². The van der Waals surface area contributed by atoms with Gasteiger partial charge in [0.1, 0.15) is 29.0 Å². The van der Waals surface area contributed by atoms with Gasteiger partial charge in [0.15, 0.2) is 0 Å². The van der Waals surface area contributed by atoms with Crippen LogP contribution in [0.25, 0.3) is 0 Å². The van der Waals surface area contributed by atoms with Gasteiger partial charge in [-0.05, 0) is 49.1 Å². The van der Waals surface area contributed by atoms with Crippen molar-refractivity contribution in [1.82, 2.24) is 15.6 Å². The molecule has 2 unspecified atom stereocenters. The molecule has 46 heavy (non-hydrogen) atoms. The summed E-state index contributed by atoms with van der Waals surface area (Å²) in [5.41, 5.74) is 0.812. The lowest BCUT2D eigenvalue weighted by atomic mass is 9.77.